The molecule has 1 unspecified atom stereocenters. The van der Waals surface area contributed by atoms with Crippen LogP contribution in [0.15, 0.2) is 5.16 Å². The second kappa shape index (κ2) is 5.00. The van der Waals surface area contributed by atoms with Gasteiger partial charge in [-0.15, -0.1) is 0 Å². The standard InChI is InChI=1S/C10H17NO2/c1-3-4-5-6-9-7-10(8(2)12)11-13-9/h9H,3-7H2,1-2H3. The van der Waals surface area contributed by atoms with Crippen LogP contribution in [-0.4, -0.2) is 17.6 Å². The van der Waals surface area contributed by atoms with Crippen LogP contribution in [0.2, 0.25) is 0 Å². The molecule has 0 fully saturated rings. The molecule has 13 heavy (non-hydrogen) atoms. The third-order valence-corrected chi connectivity index (χ3v) is 2.27. The average Bonchev–Trinajstić information content (AvgIpc) is 2.53. The Morgan fingerprint density at radius 1 is 1.62 bits per heavy atom. The molecule has 0 aromatic carbocycles. The van der Waals surface area contributed by atoms with E-state index >= 15 is 0 Å². The first kappa shape index (κ1) is 10.2. The first-order chi connectivity index (χ1) is 6.24. The molecule has 0 saturated carbocycles. The fourth-order valence-corrected chi connectivity index (χ4v) is 1.41. The molecule has 74 valence electrons. The number of carbonyl (C=O) groups excluding carboxylic acids is 1. The molecular formula is C10H17NO2. The number of unbranched alkanes of at least 4 members (excludes halogenated alkanes) is 2. The Hall–Kier alpha value is -0.860. The summed E-state index contributed by atoms with van der Waals surface area (Å²) < 4.78 is 0. The summed E-state index contributed by atoms with van der Waals surface area (Å²) in [5, 5.41) is 3.76. The number of Topliss-reactive ketones (excluding diaryl/α,β-unsaturated/α-hetero) is 1. The minimum atomic E-state index is 0.0398. The van der Waals surface area contributed by atoms with Crippen molar-refractivity contribution in [2.75, 3.05) is 0 Å². The van der Waals surface area contributed by atoms with Crippen molar-refractivity contribution < 1.29 is 9.63 Å². The Morgan fingerprint density at radius 2 is 2.38 bits per heavy atom. The molecule has 1 aliphatic rings. The predicted octanol–water partition coefficient (Wildman–Crippen LogP) is 2.30. The number of ketones is 1. The first-order valence-electron chi connectivity index (χ1n) is 4.97. The van der Waals surface area contributed by atoms with E-state index in [1.807, 2.05) is 0 Å². The number of hydrogen-bond donors (Lipinski definition) is 0. The molecule has 1 heterocycles. The Morgan fingerprint density at radius 3 is 2.92 bits per heavy atom. The lowest BCUT2D eigenvalue weighted by Crippen LogP contribution is -2.12. The zero-order valence-corrected chi connectivity index (χ0v) is 8.38. The lowest BCUT2D eigenvalue weighted by atomic mass is 10.0. The number of hydrogen-bond acceptors (Lipinski definition) is 3. The predicted molar refractivity (Wildman–Crippen MR) is 51.7 cm³/mol. The highest BCUT2D eigenvalue weighted by molar-refractivity contribution is 6.39. The summed E-state index contributed by atoms with van der Waals surface area (Å²) in [6.45, 7) is 3.71. The molecule has 3 heteroatoms. The molecular weight excluding hydrogens is 166 g/mol. The molecule has 0 aromatic rings. The van der Waals surface area contributed by atoms with Crippen LogP contribution in [0.1, 0.15) is 46.0 Å². The average molecular weight is 183 g/mol. The first-order valence-corrected chi connectivity index (χ1v) is 4.97. The quantitative estimate of drug-likeness (QED) is 0.613. The van der Waals surface area contributed by atoms with E-state index in [2.05, 4.69) is 12.1 Å². The Bertz CT molecular complexity index is 211. The lowest BCUT2D eigenvalue weighted by molar-refractivity contribution is -0.111. The zero-order chi connectivity index (χ0) is 9.68. The smallest absolute Gasteiger partial charge is 0.177 e. The second-order valence-electron chi connectivity index (χ2n) is 3.52. The van der Waals surface area contributed by atoms with Crippen LogP contribution in [0, 0.1) is 0 Å². The summed E-state index contributed by atoms with van der Waals surface area (Å²) in [6, 6.07) is 0. The van der Waals surface area contributed by atoms with Crippen LogP contribution >= 0.6 is 0 Å². The van der Waals surface area contributed by atoms with E-state index in [-0.39, 0.29) is 11.9 Å². The monoisotopic (exact) mass is 183 g/mol. The van der Waals surface area contributed by atoms with Crippen molar-refractivity contribution >= 4 is 11.5 Å². The van der Waals surface area contributed by atoms with Gasteiger partial charge in [0.25, 0.3) is 0 Å². The highest BCUT2D eigenvalue weighted by Crippen LogP contribution is 2.17. The van der Waals surface area contributed by atoms with Crippen LogP contribution < -0.4 is 0 Å². The molecule has 1 rings (SSSR count). The van der Waals surface area contributed by atoms with E-state index in [1.54, 1.807) is 0 Å². The number of nitrogens with zero attached hydrogens (tertiary/aromatic N) is 1. The van der Waals surface area contributed by atoms with Gasteiger partial charge in [-0.05, 0) is 12.8 Å². The zero-order valence-electron chi connectivity index (χ0n) is 8.38. The van der Waals surface area contributed by atoms with Gasteiger partial charge in [0.15, 0.2) is 5.78 Å². The van der Waals surface area contributed by atoms with E-state index in [0.29, 0.717) is 12.1 Å². The fourth-order valence-electron chi connectivity index (χ4n) is 1.41. The van der Waals surface area contributed by atoms with E-state index in [4.69, 9.17) is 4.84 Å². The molecule has 0 saturated heterocycles. The molecule has 0 aromatic heterocycles. The summed E-state index contributed by atoms with van der Waals surface area (Å²) in [7, 11) is 0. The molecule has 1 atom stereocenters. The highest BCUT2D eigenvalue weighted by atomic mass is 16.6. The Balaban J connectivity index is 2.18. The summed E-state index contributed by atoms with van der Waals surface area (Å²) in [5.74, 6) is 0.0398. The molecule has 0 radical (unpaired) electrons. The summed E-state index contributed by atoms with van der Waals surface area (Å²) in [6.07, 6.45) is 5.50. The maximum absolute atomic E-state index is 10.9. The van der Waals surface area contributed by atoms with Gasteiger partial charge in [-0.1, -0.05) is 24.9 Å². The number of rotatable bonds is 5. The van der Waals surface area contributed by atoms with Crippen molar-refractivity contribution in [3.63, 3.8) is 0 Å². The van der Waals surface area contributed by atoms with Gasteiger partial charge in [0, 0.05) is 13.3 Å². The topological polar surface area (TPSA) is 38.7 Å². The van der Waals surface area contributed by atoms with Gasteiger partial charge in [-0.3, -0.25) is 4.79 Å². The van der Waals surface area contributed by atoms with Gasteiger partial charge in [0.1, 0.15) is 11.8 Å². The summed E-state index contributed by atoms with van der Waals surface area (Å²) in [4.78, 5) is 16.1. The van der Waals surface area contributed by atoms with Gasteiger partial charge in [0.2, 0.25) is 0 Å². The molecule has 0 spiro atoms. The minimum absolute atomic E-state index is 0.0398. The van der Waals surface area contributed by atoms with Crippen molar-refractivity contribution in [1.29, 1.82) is 0 Å². The molecule has 0 N–H and O–H groups in total. The Kier molecular flexibility index (Phi) is 3.93. The second-order valence-corrected chi connectivity index (χ2v) is 3.52. The SMILES string of the molecule is CCCCCC1CC(C(C)=O)=NO1. The van der Waals surface area contributed by atoms with Crippen molar-refractivity contribution in [3.05, 3.63) is 0 Å². The lowest BCUT2D eigenvalue weighted by Gasteiger charge is -2.05. The van der Waals surface area contributed by atoms with E-state index in [9.17, 15) is 4.79 Å². The van der Waals surface area contributed by atoms with E-state index in [1.165, 1.54) is 26.2 Å². The van der Waals surface area contributed by atoms with Gasteiger partial charge in [-0.2, -0.15) is 0 Å². The minimum Gasteiger partial charge on any atom is -0.392 e. The molecule has 1 aliphatic heterocycles. The van der Waals surface area contributed by atoms with Gasteiger partial charge >= 0.3 is 0 Å². The summed E-state index contributed by atoms with van der Waals surface area (Å²) >= 11 is 0. The highest BCUT2D eigenvalue weighted by Gasteiger charge is 2.22. The van der Waals surface area contributed by atoms with Crippen LogP contribution in [-0.2, 0) is 9.63 Å². The number of oxime groups is 1. The maximum atomic E-state index is 10.9. The van der Waals surface area contributed by atoms with Crippen molar-refractivity contribution in [1.82, 2.24) is 0 Å². The third-order valence-electron chi connectivity index (χ3n) is 2.27. The van der Waals surface area contributed by atoms with Gasteiger partial charge in [-0.25, -0.2) is 0 Å². The van der Waals surface area contributed by atoms with Crippen LogP contribution in [0.4, 0.5) is 0 Å². The van der Waals surface area contributed by atoms with Gasteiger partial charge < -0.3 is 4.84 Å². The normalized spacial score (nSPS) is 21.1. The van der Waals surface area contributed by atoms with E-state index < -0.39 is 0 Å². The van der Waals surface area contributed by atoms with E-state index in [0.717, 1.165) is 6.42 Å². The third kappa shape index (κ3) is 3.17. The van der Waals surface area contributed by atoms with Crippen LogP contribution in [0.5, 0.6) is 0 Å². The Labute approximate surface area is 79.1 Å². The molecule has 0 amide bonds. The van der Waals surface area contributed by atoms with Crippen LogP contribution in [0.3, 0.4) is 0 Å². The van der Waals surface area contributed by atoms with Crippen molar-refractivity contribution in [3.8, 4) is 0 Å². The number of carbonyl (C=O) groups is 1. The largest absolute Gasteiger partial charge is 0.392 e. The van der Waals surface area contributed by atoms with Crippen molar-refractivity contribution in [2.45, 2.75) is 52.1 Å². The molecule has 0 aliphatic carbocycles. The molecule has 0 bridgehead atoms. The van der Waals surface area contributed by atoms with Crippen molar-refractivity contribution in [2.24, 2.45) is 5.16 Å². The van der Waals surface area contributed by atoms with Crippen LogP contribution in [0.25, 0.3) is 0 Å². The fraction of sp³-hybridized carbons (Fsp3) is 0.800. The van der Waals surface area contributed by atoms with Gasteiger partial charge in [0.05, 0.1) is 0 Å². The summed E-state index contributed by atoms with van der Waals surface area (Å²) in [5.41, 5.74) is 0.599. The molecule has 3 nitrogen and oxygen atoms in total. The maximum Gasteiger partial charge on any atom is 0.177 e.